The lowest BCUT2D eigenvalue weighted by molar-refractivity contribution is -0.110. The summed E-state index contributed by atoms with van der Waals surface area (Å²) in [7, 11) is 0. The molecule has 0 aliphatic carbocycles. The maximum absolute atomic E-state index is 10.2. The Kier molecular flexibility index (Phi) is 3.67. The van der Waals surface area contributed by atoms with E-state index in [4.69, 9.17) is 0 Å². The standard InChI is InChI=1S/C6H12N2O/c1-5(2)8-7-4-6(3)9/h4-5,8H,1-3H3. The zero-order valence-electron chi connectivity index (χ0n) is 6.01. The average molecular weight is 128 g/mol. The predicted molar refractivity (Wildman–Crippen MR) is 37.4 cm³/mol. The summed E-state index contributed by atoms with van der Waals surface area (Å²) >= 11 is 0. The zero-order chi connectivity index (χ0) is 7.28. The molecule has 0 fully saturated rings. The monoisotopic (exact) mass is 128 g/mol. The van der Waals surface area contributed by atoms with Gasteiger partial charge in [0.05, 0.1) is 6.21 Å². The molecule has 0 unspecified atom stereocenters. The predicted octanol–water partition coefficient (Wildman–Crippen LogP) is 0.559. The first-order valence-corrected chi connectivity index (χ1v) is 2.92. The lowest BCUT2D eigenvalue weighted by Crippen LogP contribution is -2.16. The number of hydrogen-bond donors (Lipinski definition) is 1. The lowest BCUT2D eigenvalue weighted by atomic mass is 10.4. The Hall–Kier alpha value is -0.860. The number of carbonyl (C=O) groups is 1. The SMILES string of the molecule is CC(=O)C=NNC(C)C. The van der Waals surface area contributed by atoms with E-state index in [9.17, 15) is 4.79 Å². The number of ketones is 1. The Labute approximate surface area is 55.1 Å². The number of rotatable bonds is 3. The van der Waals surface area contributed by atoms with Crippen LogP contribution >= 0.6 is 0 Å². The molecule has 0 aromatic carbocycles. The van der Waals surface area contributed by atoms with Gasteiger partial charge < -0.3 is 5.43 Å². The second-order valence-corrected chi connectivity index (χ2v) is 2.15. The Morgan fingerprint density at radius 1 is 1.67 bits per heavy atom. The zero-order valence-corrected chi connectivity index (χ0v) is 6.01. The largest absolute Gasteiger partial charge is 0.307 e. The van der Waals surface area contributed by atoms with Gasteiger partial charge >= 0.3 is 0 Å². The fraction of sp³-hybridized carbons (Fsp3) is 0.667. The van der Waals surface area contributed by atoms with Crippen LogP contribution in [-0.4, -0.2) is 18.0 Å². The van der Waals surface area contributed by atoms with Gasteiger partial charge in [0.25, 0.3) is 0 Å². The van der Waals surface area contributed by atoms with Crippen LogP contribution in [0.2, 0.25) is 0 Å². The maximum atomic E-state index is 10.2. The Morgan fingerprint density at radius 3 is 2.56 bits per heavy atom. The fourth-order valence-electron chi connectivity index (χ4n) is 0.277. The van der Waals surface area contributed by atoms with Crippen LogP contribution < -0.4 is 5.43 Å². The van der Waals surface area contributed by atoms with Crippen LogP contribution in [0.3, 0.4) is 0 Å². The van der Waals surface area contributed by atoms with Crippen molar-refractivity contribution in [2.45, 2.75) is 26.8 Å². The third-order valence-corrected chi connectivity index (χ3v) is 0.579. The second kappa shape index (κ2) is 4.06. The number of Topliss-reactive ketones (excluding diaryl/α,β-unsaturated/α-hetero) is 1. The summed E-state index contributed by atoms with van der Waals surface area (Å²) < 4.78 is 0. The summed E-state index contributed by atoms with van der Waals surface area (Å²) in [6, 6.07) is 0.292. The van der Waals surface area contributed by atoms with Gasteiger partial charge in [-0.25, -0.2) is 0 Å². The number of nitrogens with zero attached hydrogens (tertiary/aromatic N) is 1. The molecule has 0 amide bonds. The minimum absolute atomic E-state index is 0.0387. The van der Waals surface area contributed by atoms with Crippen LogP contribution in [0.5, 0.6) is 0 Å². The maximum Gasteiger partial charge on any atom is 0.172 e. The van der Waals surface area contributed by atoms with Crippen LogP contribution in [-0.2, 0) is 4.79 Å². The van der Waals surface area contributed by atoms with Crippen LogP contribution in [0, 0.1) is 0 Å². The summed E-state index contributed by atoms with van der Waals surface area (Å²) in [5.74, 6) is -0.0387. The topological polar surface area (TPSA) is 41.5 Å². The minimum Gasteiger partial charge on any atom is -0.307 e. The van der Waals surface area contributed by atoms with E-state index < -0.39 is 0 Å². The molecule has 0 bridgehead atoms. The van der Waals surface area contributed by atoms with Crippen molar-refractivity contribution in [3.05, 3.63) is 0 Å². The Morgan fingerprint density at radius 2 is 2.22 bits per heavy atom. The molecule has 0 saturated heterocycles. The van der Waals surface area contributed by atoms with Crippen molar-refractivity contribution in [3.8, 4) is 0 Å². The van der Waals surface area contributed by atoms with Crippen molar-refractivity contribution >= 4 is 12.0 Å². The quantitative estimate of drug-likeness (QED) is 0.445. The van der Waals surface area contributed by atoms with E-state index in [0.29, 0.717) is 6.04 Å². The molecule has 0 radical (unpaired) electrons. The molecular weight excluding hydrogens is 116 g/mol. The highest BCUT2D eigenvalue weighted by Crippen LogP contribution is 1.73. The van der Waals surface area contributed by atoms with E-state index in [1.54, 1.807) is 0 Å². The van der Waals surface area contributed by atoms with E-state index >= 15 is 0 Å². The molecule has 0 rings (SSSR count). The summed E-state index contributed by atoms with van der Waals surface area (Å²) in [6.45, 7) is 5.38. The molecule has 0 aliphatic rings. The number of nitrogens with one attached hydrogen (secondary N) is 1. The molecule has 52 valence electrons. The summed E-state index contributed by atoms with van der Waals surface area (Å²) in [5.41, 5.74) is 2.73. The highest BCUT2D eigenvalue weighted by molar-refractivity contribution is 6.26. The highest BCUT2D eigenvalue weighted by atomic mass is 16.1. The van der Waals surface area contributed by atoms with Gasteiger partial charge in [0.2, 0.25) is 0 Å². The first-order valence-electron chi connectivity index (χ1n) is 2.92. The molecule has 3 heteroatoms. The third-order valence-electron chi connectivity index (χ3n) is 0.579. The Balaban J connectivity index is 3.36. The molecule has 3 nitrogen and oxygen atoms in total. The molecule has 1 N–H and O–H groups in total. The number of carbonyl (C=O) groups excluding carboxylic acids is 1. The van der Waals surface area contributed by atoms with Crippen LogP contribution in [0.25, 0.3) is 0 Å². The van der Waals surface area contributed by atoms with E-state index in [1.807, 2.05) is 13.8 Å². The molecule has 9 heavy (non-hydrogen) atoms. The van der Waals surface area contributed by atoms with Gasteiger partial charge in [0.1, 0.15) is 0 Å². The molecule has 0 saturated carbocycles. The van der Waals surface area contributed by atoms with Gasteiger partial charge in [0.15, 0.2) is 5.78 Å². The summed E-state index contributed by atoms with van der Waals surface area (Å²) in [5, 5.41) is 3.65. The van der Waals surface area contributed by atoms with Crippen molar-refractivity contribution in [2.24, 2.45) is 5.10 Å². The van der Waals surface area contributed by atoms with Crippen molar-refractivity contribution in [1.29, 1.82) is 0 Å². The molecular formula is C6H12N2O. The van der Waals surface area contributed by atoms with E-state index in [1.165, 1.54) is 13.1 Å². The fourth-order valence-corrected chi connectivity index (χ4v) is 0.277. The van der Waals surface area contributed by atoms with E-state index in [0.717, 1.165) is 0 Å². The first-order chi connectivity index (χ1) is 4.13. The molecule has 0 aliphatic heterocycles. The minimum atomic E-state index is -0.0387. The lowest BCUT2D eigenvalue weighted by Gasteiger charge is -1.99. The smallest absolute Gasteiger partial charge is 0.172 e. The van der Waals surface area contributed by atoms with E-state index in [-0.39, 0.29) is 5.78 Å². The van der Waals surface area contributed by atoms with Gasteiger partial charge in [-0.2, -0.15) is 5.10 Å². The van der Waals surface area contributed by atoms with Crippen molar-refractivity contribution in [2.75, 3.05) is 0 Å². The summed E-state index contributed by atoms with van der Waals surface area (Å²) in [4.78, 5) is 10.2. The van der Waals surface area contributed by atoms with Crippen molar-refractivity contribution in [1.82, 2.24) is 5.43 Å². The molecule has 0 aromatic heterocycles. The van der Waals surface area contributed by atoms with Crippen LogP contribution in [0.1, 0.15) is 20.8 Å². The van der Waals surface area contributed by atoms with Crippen molar-refractivity contribution < 1.29 is 4.79 Å². The van der Waals surface area contributed by atoms with E-state index in [2.05, 4.69) is 10.5 Å². The number of hydrogen-bond acceptors (Lipinski definition) is 3. The number of hydrazone groups is 1. The van der Waals surface area contributed by atoms with Crippen LogP contribution in [0.4, 0.5) is 0 Å². The van der Waals surface area contributed by atoms with Crippen molar-refractivity contribution in [3.63, 3.8) is 0 Å². The van der Waals surface area contributed by atoms with Gasteiger partial charge in [-0.3, -0.25) is 4.79 Å². The van der Waals surface area contributed by atoms with Gasteiger partial charge in [-0.15, -0.1) is 0 Å². The average Bonchev–Trinajstić information content (AvgIpc) is 1.63. The van der Waals surface area contributed by atoms with Crippen LogP contribution in [0.15, 0.2) is 5.10 Å². The molecule has 0 atom stereocenters. The summed E-state index contributed by atoms with van der Waals surface area (Å²) in [6.07, 6.45) is 1.26. The Bertz CT molecular complexity index is 118. The first kappa shape index (κ1) is 8.14. The normalized spacial score (nSPS) is 10.7. The van der Waals surface area contributed by atoms with Gasteiger partial charge in [-0.1, -0.05) is 0 Å². The third kappa shape index (κ3) is 7.14. The molecule has 0 heterocycles. The molecule has 0 aromatic rings. The van der Waals surface area contributed by atoms with Gasteiger partial charge in [-0.05, 0) is 13.8 Å². The molecule has 0 spiro atoms. The highest BCUT2D eigenvalue weighted by Gasteiger charge is 1.85. The second-order valence-electron chi connectivity index (χ2n) is 2.15. The van der Waals surface area contributed by atoms with Gasteiger partial charge in [0, 0.05) is 13.0 Å².